The van der Waals surface area contributed by atoms with Gasteiger partial charge in [0.15, 0.2) is 5.75 Å². The molecule has 1 heterocycles. The highest BCUT2D eigenvalue weighted by Crippen LogP contribution is 2.34. The van der Waals surface area contributed by atoms with Gasteiger partial charge in [-0.2, -0.15) is 0 Å². The van der Waals surface area contributed by atoms with E-state index in [0.717, 1.165) is 5.56 Å². The SMILES string of the molecule is COc1ccc(C)cc1NC(=O)Nc1cc2c(cc1Oc1ccccc1)n(C)c(=O)n2C. The molecule has 0 aliphatic carbocycles. The van der Waals surface area contributed by atoms with E-state index in [2.05, 4.69) is 10.6 Å². The van der Waals surface area contributed by atoms with E-state index < -0.39 is 6.03 Å². The minimum Gasteiger partial charge on any atom is -0.495 e. The molecule has 1 aromatic heterocycles. The summed E-state index contributed by atoms with van der Waals surface area (Å²) in [5.41, 5.74) is 3.14. The van der Waals surface area contributed by atoms with E-state index in [1.165, 1.54) is 9.13 Å². The fourth-order valence-corrected chi connectivity index (χ4v) is 3.52. The minimum absolute atomic E-state index is 0.170. The van der Waals surface area contributed by atoms with Crippen LogP contribution in [0.4, 0.5) is 16.2 Å². The summed E-state index contributed by atoms with van der Waals surface area (Å²) in [6, 6.07) is 17.7. The number of amides is 2. The maximum absolute atomic E-state index is 12.9. The Morgan fingerprint density at radius 2 is 1.47 bits per heavy atom. The predicted octanol–water partition coefficient (Wildman–Crippen LogP) is 4.63. The molecule has 0 fully saturated rings. The van der Waals surface area contributed by atoms with Crippen LogP contribution >= 0.6 is 0 Å². The van der Waals surface area contributed by atoms with Crippen molar-refractivity contribution in [3.63, 3.8) is 0 Å². The number of nitrogens with one attached hydrogen (secondary N) is 2. The lowest BCUT2D eigenvalue weighted by molar-refractivity contribution is 0.262. The summed E-state index contributed by atoms with van der Waals surface area (Å²) >= 11 is 0. The van der Waals surface area contributed by atoms with Crippen molar-refractivity contribution in [3.8, 4) is 17.2 Å². The van der Waals surface area contributed by atoms with Gasteiger partial charge in [0.25, 0.3) is 0 Å². The molecule has 0 unspecified atom stereocenters. The van der Waals surface area contributed by atoms with E-state index in [9.17, 15) is 9.59 Å². The van der Waals surface area contributed by atoms with Crippen molar-refractivity contribution in [1.29, 1.82) is 0 Å². The molecule has 0 saturated carbocycles. The van der Waals surface area contributed by atoms with Gasteiger partial charge in [0.2, 0.25) is 0 Å². The highest BCUT2D eigenvalue weighted by molar-refractivity contribution is 6.03. The summed E-state index contributed by atoms with van der Waals surface area (Å²) in [4.78, 5) is 25.3. The summed E-state index contributed by atoms with van der Waals surface area (Å²) in [7, 11) is 4.92. The first-order chi connectivity index (χ1) is 15.4. The van der Waals surface area contributed by atoms with E-state index in [1.54, 1.807) is 39.4 Å². The van der Waals surface area contributed by atoms with Crippen LogP contribution in [-0.2, 0) is 14.1 Å². The zero-order valence-corrected chi connectivity index (χ0v) is 18.3. The summed E-state index contributed by atoms with van der Waals surface area (Å²) < 4.78 is 14.4. The average molecular weight is 432 g/mol. The number of hydrogen-bond donors (Lipinski definition) is 2. The molecule has 0 saturated heterocycles. The fraction of sp³-hybridized carbons (Fsp3) is 0.167. The van der Waals surface area contributed by atoms with Gasteiger partial charge in [0.05, 0.1) is 29.5 Å². The lowest BCUT2D eigenvalue weighted by atomic mass is 10.2. The minimum atomic E-state index is -0.466. The zero-order valence-electron chi connectivity index (χ0n) is 18.3. The lowest BCUT2D eigenvalue weighted by Crippen LogP contribution is -2.20. The fourth-order valence-electron chi connectivity index (χ4n) is 3.52. The maximum atomic E-state index is 12.9. The first-order valence-electron chi connectivity index (χ1n) is 10.0. The lowest BCUT2D eigenvalue weighted by Gasteiger charge is -2.15. The molecule has 8 nitrogen and oxygen atoms in total. The standard InChI is InChI=1S/C24H24N4O4/c1-15-10-11-21(31-4)17(12-15)25-23(29)26-18-13-19-20(28(3)24(30)27(19)2)14-22(18)32-16-8-6-5-7-9-16/h5-14H,1-4H3,(H2,25,26,29). The first-order valence-corrected chi connectivity index (χ1v) is 10.0. The van der Waals surface area contributed by atoms with Crippen LogP contribution in [0.1, 0.15) is 5.56 Å². The average Bonchev–Trinajstić information content (AvgIpc) is 2.98. The highest BCUT2D eigenvalue weighted by atomic mass is 16.5. The van der Waals surface area contributed by atoms with Crippen molar-refractivity contribution in [1.82, 2.24) is 9.13 Å². The van der Waals surface area contributed by atoms with Crippen LogP contribution in [-0.4, -0.2) is 22.3 Å². The normalized spacial score (nSPS) is 10.8. The summed E-state index contributed by atoms with van der Waals surface area (Å²) in [5, 5.41) is 5.66. The van der Waals surface area contributed by atoms with Crippen LogP contribution < -0.4 is 25.8 Å². The van der Waals surface area contributed by atoms with Crippen molar-refractivity contribution in [2.24, 2.45) is 14.1 Å². The van der Waals surface area contributed by atoms with Gasteiger partial charge in [-0.05, 0) is 42.8 Å². The highest BCUT2D eigenvalue weighted by Gasteiger charge is 2.17. The molecule has 32 heavy (non-hydrogen) atoms. The molecule has 0 radical (unpaired) electrons. The van der Waals surface area contributed by atoms with Crippen molar-refractivity contribution < 1.29 is 14.3 Å². The number of methoxy groups -OCH3 is 1. The molecule has 0 atom stereocenters. The number of carbonyl (C=O) groups is 1. The van der Waals surface area contributed by atoms with Crippen LogP contribution in [0.25, 0.3) is 11.0 Å². The molecular weight excluding hydrogens is 408 g/mol. The number of rotatable bonds is 5. The smallest absolute Gasteiger partial charge is 0.328 e. The predicted molar refractivity (Wildman–Crippen MR) is 125 cm³/mol. The number of aromatic nitrogens is 2. The number of fused-ring (bicyclic) bond motifs is 1. The van der Waals surface area contributed by atoms with Gasteiger partial charge in [0, 0.05) is 20.2 Å². The van der Waals surface area contributed by atoms with Crippen LogP contribution in [0.5, 0.6) is 17.2 Å². The monoisotopic (exact) mass is 432 g/mol. The van der Waals surface area contributed by atoms with Gasteiger partial charge >= 0.3 is 11.7 Å². The second kappa shape index (κ2) is 8.50. The summed E-state index contributed by atoms with van der Waals surface area (Å²) in [6.45, 7) is 1.93. The summed E-state index contributed by atoms with van der Waals surface area (Å²) in [5.74, 6) is 1.57. The molecule has 4 rings (SSSR count). The number of imidazole rings is 1. The number of para-hydroxylation sites is 1. The Balaban J connectivity index is 1.72. The molecule has 8 heteroatoms. The topological polar surface area (TPSA) is 86.5 Å². The van der Waals surface area contributed by atoms with Crippen molar-refractivity contribution in [3.05, 3.63) is 76.7 Å². The van der Waals surface area contributed by atoms with E-state index in [0.29, 0.717) is 39.7 Å². The number of nitrogens with zero attached hydrogens (tertiary/aromatic N) is 2. The third kappa shape index (κ3) is 4.02. The van der Waals surface area contributed by atoms with Crippen molar-refractivity contribution in [2.75, 3.05) is 17.7 Å². The van der Waals surface area contributed by atoms with Crippen molar-refractivity contribution in [2.45, 2.75) is 6.92 Å². The molecule has 2 amide bonds. The molecule has 4 aromatic rings. The van der Waals surface area contributed by atoms with Gasteiger partial charge in [-0.3, -0.25) is 9.13 Å². The zero-order chi connectivity index (χ0) is 22.8. The molecule has 2 N–H and O–H groups in total. The van der Waals surface area contributed by atoms with Gasteiger partial charge in [-0.25, -0.2) is 9.59 Å². The Bertz CT molecular complexity index is 1360. The Morgan fingerprint density at radius 3 is 2.12 bits per heavy atom. The number of carbonyl (C=O) groups excluding carboxylic acids is 1. The number of urea groups is 1. The van der Waals surface area contributed by atoms with E-state index in [-0.39, 0.29) is 5.69 Å². The third-order valence-corrected chi connectivity index (χ3v) is 5.20. The second-order valence-corrected chi connectivity index (χ2v) is 7.44. The Labute approximate surface area is 185 Å². The Kier molecular flexibility index (Phi) is 5.59. The quantitative estimate of drug-likeness (QED) is 0.481. The van der Waals surface area contributed by atoms with Crippen LogP contribution in [0.15, 0.2) is 65.5 Å². The van der Waals surface area contributed by atoms with Crippen LogP contribution in [0.2, 0.25) is 0 Å². The number of hydrogen-bond acceptors (Lipinski definition) is 4. The molecular formula is C24H24N4O4. The number of aryl methyl sites for hydroxylation is 3. The van der Waals surface area contributed by atoms with Crippen LogP contribution in [0, 0.1) is 6.92 Å². The van der Waals surface area contributed by atoms with Crippen molar-refractivity contribution >= 4 is 28.4 Å². The number of benzene rings is 3. The molecule has 0 aliphatic rings. The molecule has 0 bridgehead atoms. The number of anilines is 2. The third-order valence-electron chi connectivity index (χ3n) is 5.20. The molecule has 3 aromatic carbocycles. The number of ether oxygens (including phenoxy) is 2. The van der Waals surface area contributed by atoms with Gasteiger partial charge in [-0.1, -0.05) is 24.3 Å². The van der Waals surface area contributed by atoms with E-state index in [4.69, 9.17) is 9.47 Å². The van der Waals surface area contributed by atoms with Crippen LogP contribution in [0.3, 0.4) is 0 Å². The second-order valence-electron chi connectivity index (χ2n) is 7.44. The first kappa shape index (κ1) is 21.0. The summed E-state index contributed by atoms with van der Waals surface area (Å²) in [6.07, 6.45) is 0. The van der Waals surface area contributed by atoms with Gasteiger partial charge in [-0.15, -0.1) is 0 Å². The molecule has 164 valence electrons. The molecule has 0 aliphatic heterocycles. The molecule has 0 spiro atoms. The largest absolute Gasteiger partial charge is 0.495 e. The maximum Gasteiger partial charge on any atom is 0.328 e. The van der Waals surface area contributed by atoms with Gasteiger partial charge in [0.1, 0.15) is 11.5 Å². The Morgan fingerprint density at radius 1 is 0.844 bits per heavy atom. The Hall–Kier alpha value is -4.20. The van der Waals surface area contributed by atoms with E-state index >= 15 is 0 Å². The van der Waals surface area contributed by atoms with Gasteiger partial charge < -0.3 is 20.1 Å². The van der Waals surface area contributed by atoms with E-state index in [1.807, 2.05) is 49.4 Å².